The number of carbonyl (C=O) groups excluding carboxylic acids is 2. The lowest BCUT2D eigenvalue weighted by molar-refractivity contribution is -0.119. The van der Waals surface area contributed by atoms with Crippen LogP contribution in [0.15, 0.2) is 58.5 Å². The van der Waals surface area contributed by atoms with Gasteiger partial charge in [0.2, 0.25) is 5.91 Å². The summed E-state index contributed by atoms with van der Waals surface area (Å²) in [6.07, 6.45) is 0. The Kier molecular flexibility index (Phi) is 6.31. The van der Waals surface area contributed by atoms with E-state index in [-0.39, 0.29) is 10.9 Å². The Morgan fingerprint density at radius 2 is 1.83 bits per heavy atom. The number of thioether (sulfide) groups is 1. The van der Waals surface area contributed by atoms with Gasteiger partial charge in [0, 0.05) is 0 Å². The first-order valence-electron chi connectivity index (χ1n) is 8.60. The molecule has 3 rings (SSSR count). The Labute approximate surface area is 173 Å². The van der Waals surface area contributed by atoms with Crippen LogP contribution in [0.25, 0.3) is 16.6 Å². The third kappa shape index (κ3) is 4.74. The van der Waals surface area contributed by atoms with Gasteiger partial charge in [-0.1, -0.05) is 23.9 Å². The number of hydrogen-bond donors (Lipinski definition) is 2. The van der Waals surface area contributed by atoms with E-state index in [1.807, 2.05) is 5.32 Å². The summed E-state index contributed by atoms with van der Waals surface area (Å²) in [6.45, 7) is -1.45. The van der Waals surface area contributed by atoms with Crippen molar-refractivity contribution in [2.24, 2.45) is 5.73 Å². The van der Waals surface area contributed by atoms with E-state index in [2.05, 4.69) is 9.72 Å². The number of ether oxygens (including phenoxy) is 1. The lowest BCUT2D eigenvalue weighted by atomic mass is 10.2. The number of alkyl halides is 2. The van der Waals surface area contributed by atoms with Crippen molar-refractivity contribution in [2.45, 2.75) is 23.9 Å². The second kappa shape index (κ2) is 8.91. The number of para-hydroxylation sites is 1. The van der Waals surface area contributed by atoms with Gasteiger partial charge in [-0.3, -0.25) is 19.5 Å². The van der Waals surface area contributed by atoms with Crippen molar-refractivity contribution in [2.75, 3.05) is 0 Å². The summed E-state index contributed by atoms with van der Waals surface area (Å²) in [7, 11) is 0. The van der Waals surface area contributed by atoms with Gasteiger partial charge in [-0.2, -0.15) is 8.78 Å². The average Bonchev–Trinajstić information content (AvgIpc) is 2.68. The predicted molar refractivity (Wildman–Crippen MR) is 107 cm³/mol. The highest BCUT2D eigenvalue weighted by Crippen LogP contribution is 2.26. The average molecular weight is 434 g/mol. The topological polar surface area (TPSA) is 116 Å². The smallest absolute Gasteiger partial charge is 0.387 e. The first-order valence-corrected chi connectivity index (χ1v) is 9.48. The van der Waals surface area contributed by atoms with Gasteiger partial charge in [-0.15, -0.1) is 0 Å². The number of nitrogens with one attached hydrogen (secondary N) is 1. The van der Waals surface area contributed by atoms with Crippen LogP contribution in [-0.4, -0.2) is 33.4 Å². The van der Waals surface area contributed by atoms with Gasteiger partial charge in [0.1, 0.15) is 5.75 Å². The molecule has 8 nitrogen and oxygen atoms in total. The fourth-order valence-electron chi connectivity index (χ4n) is 2.63. The zero-order chi connectivity index (χ0) is 21.8. The largest absolute Gasteiger partial charge is 0.435 e. The number of halogens is 2. The van der Waals surface area contributed by atoms with Crippen LogP contribution in [0.1, 0.15) is 6.92 Å². The van der Waals surface area contributed by atoms with E-state index in [4.69, 9.17) is 5.73 Å². The molecular weight excluding hydrogens is 418 g/mol. The van der Waals surface area contributed by atoms with Crippen molar-refractivity contribution in [3.63, 3.8) is 0 Å². The highest BCUT2D eigenvalue weighted by molar-refractivity contribution is 8.00. The minimum atomic E-state index is -2.98. The van der Waals surface area contributed by atoms with E-state index in [1.54, 1.807) is 24.3 Å². The predicted octanol–water partition coefficient (Wildman–Crippen LogP) is 2.66. The number of nitrogens with two attached hydrogens (primary N) is 1. The van der Waals surface area contributed by atoms with Crippen molar-refractivity contribution < 1.29 is 23.1 Å². The van der Waals surface area contributed by atoms with Crippen LogP contribution < -0.4 is 21.3 Å². The fourth-order valence-corrected chi connectivity index (χ4v) is 3.56. The molecule has 0 aliphatic carbocycles. The Morgan fingerprint density at radius 3 is 2.47 bits per heavy atom. The van der Waals surface area contributed by atoms with E-state index < -0.39 is 29.4 Å². The van der Waals surface area contributed by atoms with Gasteiger partial charge in [0.25, 0.3) is 5.56 Å². The zero-order valence-electron chi connectivity index (χ0n) is 15.5. The second-order valence-corrected chi connectivity index (χ2v) is 7.35. The molecule has 0 aliphatic rings. The monoisotopic (exact) mass is 434 g/mol. The maximum absolute atomic E-state index is 13.1. The Balaban J connectivity index is 2.08. The molecule has 0 saturated heterocycles. The summed E-state index contributed by atoms with van der Waals surface area (Å²) in [4.78, 5) is 40.6. The molecule has 0 radical (unpaired) electrons. The Morgan fingerprint density at radius 1 is 1.17 bits per heavy atom. The number of nitrogens with zero attached hydrogens (tertiary/aromatic N) is 2. The van der Waals surface area contributed by atoms with Crippen molar-refractivity contribution in [3.05, 3.63) is 58.9 Å². The van der Waals surface area contributed by atoms with E-state index in [9.17, 15) is 23.2 Å². The number of hydrogen-bond acceptors (Lipinski definition) is 6. The maximum atomic E-state index is 13.1. The van der Waals surface area contributed by atoms with Crippen molar-refractivity contribution in [3.8, 4) is 11.4 Å². The molecule has 0 spiro atoms. The van der Waals surface area contributed by atoms with Crippen LogP contribution in [0.2, 0.25) is 0 Å². The molecule has 1 atom stereocenters. The molecule has 2 aromatic carbocycles. The third-order valence-corrected chi connectivity index (χ3v) is 5.02. The quantitative estimate of drug-likeness (QED) is 0.455. The fraction of sp³-hybridized carbons (Fsp3) is 0.158. The molecule has 0 aliphatic heterocycles. The van der Waals surface area contributed by atoms with Crippen molar-refractivity contribution in [1.29, 1.82) is 0 Å². The van der Waals surface area contributed by atoms with Gasteiger partial charge in [0.05, 0.1) is 21.8 Å². The van der Waals surface area contributed by atoms with Gasteiger partial charge in [-0.25, -0.2) is 9.78 Å². The van der Waals surface area contributed by atoms with Crippen LogP contribution in [0.5, 0.6) is 5.75 Å². The Bertz CT molecular complexity index is 1150. The molecular formula is C19H16F2N4O4S. The van der Waals surface area contributed by atoms with Crippen molar-refractivity contribution in [1.82, 2.24) is 14.9 Å². The van der Waals surface area contributed by atoms with Crippen LogP contribution in [0, 0.1) is 0 Å². The lowest BCUT2D eigenvalue weighted by Gasteiger charge is -2.16. The van der Waals surface area contributed by atoms with E-state index in [0.29, 0.717) is 16.6 Å². The minimum Gasteiger partial charge on any atom is -0.435 e. The number of urea groups is 1. The molecule has 156 valence electrons. The first-order chi connectivity index (χ1) is 14.3. The molecule has 3 amide bonds. The molecule has 0 bridgehead atoms. The number of imide groups is 1. The molecule has 3 N–H and O–H groups in total. The van der Waals surface area contributed by atoms with E-state index >= 15 is 0 Å². The number of benzene rings is 2. The molecule has 1 aromatic heterocycles. The van der Waals surface area contributed by atoms with Crippen LogP contribution >= 0.6 is 11.8 Å². The summed E-state index contributed by atoms with van der Waals surface area (Å²) in [5, 5.41) is 1.68. The lowest BCUT2D eigenvalue weighted by Crippen LogP contribution is -2.39. The SMILES string of the molecule is C[C@H](Sc1nc2ccccc2c(=O)n1-c1ccc(OC(F)F)cc1)C(=O)NC(N)=O. The molecule has 11 heteroatoms. The third-order valence-electron chi connectivity index (χ3n) is 3.96. The van der Waals surface area contributed by atoms with E-state index in [0.717, 1.165) is 11.8 Å². The number of amides is 3. The van der Waals surface area contributed by atoms with Gasteiger partial charge < -0.3 is 10.5 Å². The van der Waals surface area contributed by atoms with Crippen LogP contribution in [0.4, 0.5) is 13.6 Å². The summed E-state index contributed by atoms with van der Waals surface area (Å²) >= 11 is 0.940. The zero-order valence-corrected chi connectivity index (χ0v) is 16.4. The first kappa shape index (κ1) is 21.2. The second-order valence-electron chi connectivity index (χ2n) is 6.04. The standard InChI is InChI=1S/C19H16F2N4O4S/c1-10(15(26)24-18(22)28)30-19-23-14-5-3-2-4-13(14)16(27)25(19)11-6-8-12(9-7-11)29-17(20)21/h2-10,17H,1H3,(H3,22,24,26,28)/t10-/m0/s1. The summed E-state index contributed by atoms with van der Waals surface area (Å²) in [5.74, 6) is -0.721. The maximum Gasteiger partial charge on any atom is 0.387 e. The number of aromatic nitrogens is 2. The highest BCUT2D eigenvalue weighted by atomic mass is 32.2. The number of carbonyl (C=O) groups is 2. The normalized spacial score (nSPS) is 12.0. The molecule has 3 aromatic rings. The van der Waals surface area contributed by atoms with Gasteiger partial charge >= 0.3 is 12.6 Å². The molecule has 0 fully saturated rings. The summed E-state index contributed by atoms with van der Waals surface area (Å²) in [5.41, 5.74) is 5.32. The number of primary amides is 1. The Hall–Kier alpha value is -3.47. The number of fused-ring (bicyclic) bond motifs is 1. The molecule has 0 saturated carbocycles. The molecule has 30 heavy (non-hydrogen) atoms. The van der Waals surface area contributed by atoms with Crippen molar-refractivity contribution >= 4 is 34.6 Å². The molecule has 0 unspecified atom stereocenters. The van der Waals surface area contributed by atoms with Gasteiger partial charge in [-0.05, 0) is 43.3 Å². The number of rotatable bonds is 6. The van der Waals surface area contributed by atoms with E-state index in [1.165, 1.54) is 35.8 Å². The van der Waals surface area contributed by atoms with Crippen LogP contribution in [0.3, 0.4) is 0 Å². The minimum absolute atomic E-state index is 0.0704. The molecule has 1 heterocycles. The highest BCUT2D eigenvalue weighted by Gasteiger charge is 2.21. The summed E-state index contributed by atoms with van der Waals surface area (Å²) < 4.78 is 30.4. The summed E-state index contributed by atoms with van der Waals surface area (Å²) in [6, 6.07) is 11.1. The van der Waals surface area contributed by atoms with Gasteiger partial charge in [0.15, 0.2) is 5.16 Å². The van der Waals surface area contributed by atoms with Crippen LogP contribution in [-0.2, 0) is 4.79 Å².